The predicted molar refractivity (Wildman–Crippen MR) is 75.7 cm³/mol. The van der Waals surface area contributed by atoms with Crippen LogP contribution in [0.4, 0.5) is 0 Å². The summed E-state index contributed by atoms with van der Waals surface area (Å²) in [5.74, 6) is -0.171. The van der Waals surface area contributed by atoms with E-state index in [2.05, 4.69) is 0 Å². The second-order valence-corrected chi connectivity index (χ2v) is 5.18. The van der Waals surface area contributed by atoms with Crippen molar-refractivity contribution in [3.8, 4) is 0 Å². The number of rotatable bonds is 11. The van der Waals surface area contributed by atoms with Gasteiger partial charge in [0.1, 0.15) is 6.61 Å². The first-order chi connectivity index (χ1) is 9.10. The Morgan fingerprint density at radius 1 is 1.11 bits per heavy atom. The maximum absolute atomic E-state index is 11.3. The fourth-order valence-electron chi connectivity index (χ4n) is 1.24. The average Bonchev–Trinajstić information content (AvgIpc) is 2.37. The van der Waals surface area contributed by atoms with E-state index in [1.165, 1.54) is 0 Å². The third kappa shape index (κ3) is 12.3. The monoisotopic (exact) mass is 312 g/mol. The molecule has 0 aromatic heterocycles. The largest absolute Gasteiger partial charge is 0.466 e. The van der Waals surface area contributed by atoms with Crippen LogP contribution in [0.3, 0.4) is 0 Å². The van der Waals surface area contributed by atoms with E-state index in [0.29, 0.717) is 25.3 Å². The number of ether oxygens (including phenoxy) is 2. The summed E-state index contributed by atoms with van der Waals surface area (Å²) in [6.45, 7) is 2.64. The Morgan fingerprint density at radius 2 is 1.74 bits per heavy atom. The molecule has 0 bridgehead atoms. The first-order valence-electron chi connectivity index (χ1n) is 6.61. The van der Waals surface area contributed by atoms with Crippen molar-refractivity contribution in [1.82, 2.24) is 0 Å². The number of alkyl halides is 2. The van der Waals surface area contributed by atoms with Gasteiger partial charge in [0.05, 0.1) is 12.0 Å². The van der Waals surface area contributed by atoms with E-state index >= 15 is 0 Å². The van der Waals surface area contributed by atoms with Crippen molar-refractivity contribution in [1.29, 1.82) is 0 Å². The van der Waals surface area contributed by atoms with Gasteiger partial charge >= 0.3 is 11.9 Å². The van der Waals surface area contributed by atoms with Gasteiger partial charge in [0, 0.05) is 18.7 Å². The lowest BCUT2D eigenvalue weighted by molar-refractivity contribution is -0.145. The van der Waals surface area contributed by atoms with Crippen LogP contribution >= 0.6 is 23.2 Å². The topological polar surface area (TPSA) is 52.6 Å². The zero-order valence-corrected chi connectivity index (χ0v) is 12.8. The highest BCUT2D eigenvalue weighted by atomic mass is 35.5. The molecule has 0 rings (SSSR count). The van der Waals surface area contributed by atoms with Crippen molar-refractivity contribution in [2.24, 2.45) is 0 Å². The normalized spacial score (nSPS) is 11.9. The minimum absolute atomic E-state index is 0.161. The minimum Gasteiger partial charge on any atom is -0.466 e. The molecule has 0 heterocycles. The van der Waals surface area contributed by atoms with Crippen molar-refractivity contribution in [3.63, 3.8) is 0 Å². The van der Waals surface area contributed by atoms with Crippen LogP contribution < -0.4 is 0 Å². The Hall–Kier alpha value is -0.480. The van der Waals surface area contributed by atoms with Gasteiger partial charge in [-0.3, -0.25) is 9.59 Å². The quantitative estimate of drug-likeness (QED) is 0.334. The molecule has 0 aliphatic heterocycles. The van der Waals surface area contributed by atoms with Gasteiger partial charge in [-0.15, -0.1) is 23.2 Å². The van der Waals surface area contributed by atoms with Gasteiger partial charge in [0.2, 0.25) is 0 Å². The molecule has 0 fully saturated rings. The SMILES string of the molecule is CCCCOC(=O)CCCC(=O)OCC(Cl)CCCl. The van der Waals surface area contributed by atoms with Crippen LogP contribution in [-0.2, 0) is 19.1 Å². The summed E-state index contributed by atoms with van der Waals surface area (Å²) in [5, 5.41) is -0.250. The first-order valence-corrected chi connectivity index (χ1v) is 7.58. The smallest absolute Gasteiger partial charge is 0.305 e. The summed E-state index contributed by atoms with van der Waals surface area (Å²) >= 11 is 11.4. The number of halogens is 2. The molecule has 1 unspecified atom stereocenters. The fraction of sp³-hybridized carbons (Fsp3) is 0.846. The Kier molecular flexibility index (Phi) is 12.2. The molecule has 0 aliphatic rings. The third-order valence-electron chi connectivity index (χ3n) is 2.37. The van der Waals surface area contributed by atoms with Gasteiger partial charge in [-0.1, -0.05) is 13.3 Å². The molecule has 6 heteroatoms. The number of hydrogen-bond acceptors (Lipinski definition) is 4. The van der Waals surface area contributed by atoms with E-state index in [1.807, 2.05) is 6.92 Å². The van der Waals surface area contributed by atoms with E-state index < -0.39 is 0 Å². The summed E-state index contributed by atoms with van der Waals surface area (Å²) in [4.78, 5) is 22.6. The summed E-state index contributed by atoms with van der Waals surface area (Å²) in [5.41, 5.74) is 0. The van der Waals surface area contributed by atoms with Gasteiger partial charge in [-0.05, 0) is 19.3 Å². The average molecular weight is 313 g/mol. The number of carbonyl (C=O) groups excluding carboxylic acids is 2. The number of hydrogen-bond donors (Lipinski definition) is 0. The van der Waals surface area contributed by atoms with E-state index in [0.717, 1.165) is 12.8 Å². The zero-order chi connectivity index (χ0) is 14.5. The number of esters is 2. The molecule has 0 aromatic carbocycles. The number of carbonyl (C=O) groups is 2. The van der Waals surface area contributed by atoms with Gasteiger partial charge in [0.15, 0.2) is 0 Å². The Bertz CT molecular complexity index is 259. The molecule has 0 radical (unpaired) electrons. The zero-order valence-electron chi connectivity index (χ0n) is 11.3. The molecule has 0 saturated heterocycles. The minimum atomic E-state index is -0.346. The van der Waals surface area contributed by atoms with Crippen LogP contribution in [0.5, 0.6) is 0 Å². The van der Waals surface area contributed by atoms with Crippen molar-refractivity contribution in [2.45, 2.75) is 50.8 Å². The van der Waals surface area contributed by atoms with Crippen molar-refractivity contribution < 1.29 is 19.1 Å². The van der Waals surface area contributed by atoms with Crippen molar-refractivity contribution in [3.05, 3.63) is 0 Å². The molecule has 1 atom stereocenters. The predicted octanol–water partition coefficient (Wildman–Crippen LogP) is 3.28. The molecule has 0 N–H and O–H groups in total. The van der Waals surface area contributed by atoms with Gasteiger partial charge < -0.3 is 9.47 Å². The molecule has 4 nitrogen and oxygen atoms in total. The van der Waals surface area contributed by atoms with Crippen LogP contribution in [0, 0.1) is 0 Å². The van der Waals surface area contributed by atoms with Crippen LogP contribution in [0.1, 0.15) is 45.4 Å². The second-order valence-electron chi connectivity index (χ2n) is 4.19. The Balaban J connectivity index is 3.49. The highest BCUT2D eigenvalue weighted by Crippen LogP contribution is 2.06. The summed E-state index contributed by atoms with van der Waals surface area (Å²) in [6, 6.07) is 0. The standard InChI is InChI=1S/C13H22Cl2O4/c1-2-3-9-18-12(16)5-4-6-13(17)19-10-11(15)7-8-14/h11H,2-10H2,1H3. The lowest BCUT2D eigenvalue weighted by Crippen LogP contribution is -2.15. The van der Waals surface area contributed by atoms with Gasteiger partial charge in [-0.2, -0.15) is 0 Å². The van der Waals surface area contributed by atoms with E-state index in [1.54, 1.807) is 0 Å². The second kappa shape index (κ2) is 12.5. The highest BCUT2D eigenvalue weighted by molar-refractivity contribution is 6.22. The maximum atomic E-state index is 11.3. The van der Waals surface area contributed by atoms with E-state index in [4.69, 9.17) is 32.7 Å². The number of unbranched alkanes of at least 4 members (excludes halogenated alkanes) is 1. The summed E-state index contributed by atoms with van der Waals surface area (Å²) < 4.78 is 9.92. The lowest BCUT2D eigenvalue weighted by atomic mass is 10.2. The van der Waals surface area contributed by atoms with Gasteiger partial charge in [-0.25, -0.2) is 0 Å². The molecule has 112 valence electrons. The molecule has 0 aromatic rings. The Morgan fingerprint density at radius 3 is 2.32 bits per heavy atom. The maximum Gasteiger partial charge on any atom is 0.305 e. The molecule has 19 heavy (non-hydrogen) atoms. The van der Waals surface area contributed by atoms with E-state index in [-0.39, 0.29) is 36.8 Å². The van der Waals surface area contributed by atoms with Crippen molar-refractivity contribution >= 4 is 35.1 Å². The van der Waals surface area contributed by atoms with Gasteiger partial charge in [0.25, 0.3) is 0 Å². The van der Waals surface area contributed by atoms with Crippen LogP contribution in [0.15, 0.2) is 0 Å². The molecule has 0 amide bonds. The molecule has 0 saturated carbocycles. The lowest BCUT2D eigenvalue weighted by Gasteiger charge is -2.08. The molecular weight excluding hydrogens is 291 g/mol. The summed E-state index contributed by atoms with van der Waals surface area (Å²) in [7, 11) is 0. The van der Waals surface area contributed by atoms with Crippen LogP contribution in [0.2, 0.25) is 0 Å². The van der Waals surface area contributed by atoms with Crippen LogP contribution in [-0.4, -0.2) is 36.4 Å². The molecule has 0 spiro atoms. The summed E-state index contributed by atoms with van der Waals surface area (Å²) in [6.07, 6.45) is 3.33. The Labute approximate surface area is 124 Å². The van der Waals surface area contributed by atoms with Crippen LogP contribution in [0.25, 0.3) is 0 Å². The van der Waals surface area contributed by atoms with E-state index in [9.17, 15) is 9.59 Å². The highest BCUT2D eigenvalue weighted by Gasteiger charge is 2.10. The van der Waals surface area contributed by atoms with Crippen molar-refractivity contribution in [2.75, 3.05) is 19.1 Å². The molecular formula is C13H22Cl2O4. The molecule has 0 aliphatic carbocycles. The fourth-order valence-corrected chi connectivity index (χ4v) is 1.78. The third-order valence-corrected chi connectivity index (χ3v) is 2.93. The first kappa shape index (κ1) is 18.5.